The first kappa shape index (κ1) is 17.5. The monoisotopic (exact) mass is 332 g/mol. The molecule has 0 radical (unpaired) electrons. The van der Waals surface area contributed by atoms with E-state index >= 15 is 0 Å². The molecule has 0 spiro atoms. The summed E-state index contributed by atoms with van der Waals surface area (Å²) in [6.45, 7) is 5.70. The molecule has 4 N–H and O–H groups in total. The smallest absolute Gasteiger partial charge is 0.187 e. The molecule has 2 bridgehead atoms. The largest absolute Gasteiger partial charge is 0.394 e. The van der Waals surface area contributed by atoms with Crippen LogP contribution in [0.1, 0.15) is 40.0 Å². The number of ether oxygens (including phenoxy) is 3. The molecule has 0 aromatic heterocycles. The summed E-state index contributed by atoms with van der Waals surface area (Å²) in [5.41, 5.74) is -0.681. The number of hydrogen-bond donors (Lipinski definition) is 4. The number of rotatable bonds is 3. The summed E-state index contributed by atoms with van der Waals surface area (Å²) in [7, 11) is 0. The highest BCUT2D eigenvalue weighted by Crippen LogP contribution is 2.51. The van der Waals surface area contributed by atoms with Crippen molar-refractivity contribution in [1.82, 2.24) is 0 Å². The lowest BCUT2D eigenvalue weighted by atomic mass is 9.67. The minimum absolute atomic E-state index is 0.206. The van der Waals surface area contributed by atoms with Gasteiger partial charge >= 0.3 is 0 Å². The summed E-state index contributed by atoms with van der Waals surface area (Å²) in [5, 5.41) is 39.1. The van der Waals surface area contributed by atoms with Gasteiger partial charge in [-0.05, 0) is 46.0 Å². The van der Waals surface area contributed by atoms with Gasteiger partial charge in [-0.2, -0.15) is 0 Å². The second-order valence-electron chi connectivity index (χ2n) is 7.81. The van der Waals surface area contributed by atoms with Crippen LogP contribution in [-0.2, 0) is 14.2 Å². The molecule has 1 saturated carbocycles. The molecule has 4 rings (SSSR count). The van der Waals surface area contributed by atoms with Gasteiger partial charge in [-0.25, -0.2) is 0 Å². The van der Waals surface area contributed by atoms with Gasteiger partial charge in [-0.3, -0.25) is 0 Å². The predicted octanol–water partition coefficient (Wildman–Crippen LogP) is -0.461. The molecule has 0 aromatic rings. The van der Waals surface area contributed by atoms with E-state index in [9.17, 15) is 20.4 Å². The Morgan fingerprint density at radius 1 is 1.09 bits per heavy atom. The van der Waals surface area contributed by atoms with Crippen molar-refractivity contribution in [2.75, 3.05) is 6.61 Å². The molecule has 1 aliphatic carbocycles. The zero-order valence-corrected chi connectivity index (χ0v) is 13.9. The van der Waals surface area contributed by atoms with Gasteiger partial charge in [0.25, 0.3) is 0 Å². The highest BCUT2D eigenvalue weighted by molar-refractivity contribution is 5.04. The number of hydrogen-bond acceptors (Lipinski definition) is 7. The van der Waals surface area contributed by atoms with E-state index in [-0.39, 0.29) is 11.7 Å². The lowest BCUT2D eigenvalue weighted by Gasteiger charge is -2.58. The summed E-state index contributed by atoms with van der Waals surface area (Å²) in [6, 6.07) is 0. The standard InChI is InChI=1S/C16H28O7/c1-15(2)8-4-5-16(3,23-15)10(6-8)22-14-13(20)12(19)11(18)9(7-17)21-14/h8-14,17-20H,4-7H2,1-3H3/t8-,9+,10+,11-,12-,13-,14-,16+/m1/s1. The van der Waals surface area contributed by atoms with E-state index in [0.717, 1.165) is 19.3 Å². The highest BCUT2D eigenvalue weighted by atomic mass is 16.7. The molecular formula is C16H28O7. The van der Waals surface area contributed by atoms with E-state index < -0.39 is 42.9 Å². The summed E-state index contributed by atoms with van der Waals surface area (Å²) in [6.07, 6.45) is -3.76. The molecule has 134 valence electrons. The Balaban J connectivity index is 1.72. The topological polar surface area (TPSA) is 109 Å². The third-order valence-electron chi connectivity index (χ3n) is 5.80. The van der Waals surface area contributed by atoms with Crippen LogP contribution in [0, 0.1) is 5.92 Å². The van der Waals surface area contributed by atoms with E-state index in [1.54, 1.807) is 0 Å². The van der Waals surface area contributed by atoms with Crippen LogP contribution in [0.4, 0.5) is 0 Å². The molecule has 0 unspecified atom stereocenters. The van der Waals surface area contributed by atoms with Crippen molar-refractivity contribution in [3.63, 3.8) is 0 Å². The number of fused-ring (bicyclic) bond motifs is 3. The van der Waals surface area contributed by atoms with Crippen LogP contribution < -0.4 is 0 Å². The van der Waals surface area contributed by atoms with Crippen molar-refractivity contribution in [3.05, 3.63) is 0 Å². The Labute approximate surface area is 136 Å². The molecule has 8 atom stereocenters. The van der Waals surface area contributed by atoms with Crippen LogP contribution in [0.25, 0.3) is 0 Å². The van der Waals surface area contributed by atoms with Gasteiger partial charge in [0, 0.05) is 0 Å². The first-order valence-electron chi connectivity index (χ1n) is 8.34. The fourth-order valence-corrected chi connectivity index (χ4v) is 4.22. The zero-order valence-electron chi connectivity index (χ0n) is 13.9. The molecule has 3 saturated heterocycles. The molecule has 4 fully saturated rings. The normalized spacial score (nSPS) is 52.6. The molecule has 0 aromatic carbocycles. The molecule has 3 heterocycles. The quantitative estimate of drug-likeness (QED) is 0.554. The van der Waals surface area contributed by atoms with E-state index in [4.69, 9.17) is 14.2 Å². The molecule has 7 heteroatoms. The SMILES string of the molecule is CC1(C)O[C@@]2(C)CC[C@@H]1C[C@@H]2O[C@H]1O[C@@H](CO)[C@@H](O)[C@@H](O)[C@H]1O. The number of aliphatic hydroxyl groups is 4. The molecule has 3 aliphatic heterocycles. The van der Waals surface area contributed by atoms with Gasteiger partial charge in [0.1, 0.15) is 24.4 Å². The molecule has 7 nitrogen and oxygen atoms in total. The van der Waals surface area contributed by atoms with Crippen LogP contribution >= 0.6 is 0 Å². The molecule has 0 amide bonds. The molecule has 4 aliphatic rings. The minimum atomic E-state index is -1.42. The van der Waals surface area contributed by atoms with Crippen LogP contribution in [0.5, 0.6) is 0 Å². The fraction of sp³-hybridized carbons (Fsp3) is 1.00. The van der Waals surface area contributed by atoms with Crippen molar-refractivity contribution in [3.8, 4) is 0 Å². The number of aliphatic hydroxyl groups excluding tert-OH is 4. The van der Waals surface area contributed by atoms with Gasteiger partial charge in [0.15, 0.2) is 6.29 Å². The lowest BCUT2D eigenvalue weighted by Crippen LogP contribution is -2.65. The fourth-order valence-electron chi connectivity index (χ4n) is 4.22. The van der Waals surface area contributed by atoms with Gasteiger partial charge in [-0.1, -0.05) is 0 Å². The minimum Gasteiger partial charge on any atom is -0.394 e. The lowest BCUT2D eigenvalue weighted by molar-refractivity contribution is -0.353. The highest BCUT2D eigenvalue weighted by Gasteiger charge is 2.56. The van der Waals surface area contributed by atoms with Gasteiger partial charge in [0.2, 0.25) is 0 Å². The Kier molecular flexibility index (Phi) is 4.51. The Morgan fingerprint density at radius 2 is 1.78 bits per heavy atom. The Bertz CT molecular complexity index is 440. The second kappa shape index (κ2) is 5.91. The van der Waals surface area contributed by atoms with Crippen molar-refractivity contribution < 1.29 is 34.6 Å². The summed E-state index contributed by atoms with van der Waals surface area (Å²) in [4.78, 5) is 0. The van der Waals surface area contributed by atoms with Gasteiger partial charge < -0.3 is 34.6 Å². The van der Waals surface area contributed by atoms with Gasteiger partial charge in [0.05, 0.1) is 23.9 Å². The Morgan fingerprint density at radius 3 is 2.35 bits per heavy atom. The van der Waals surface area contributed by atoms with E-state index in [2.05, 4.69) is 13.8 Å². The van der Waals surface area contributed by atoms with Crippen molar-refractivity contribution in [2.45, 2.75) is 88.0 Å². The van der Waals surface area contributed by atoms with Gasteiger partial charge in [-0.15, -0.1) is 0 Å². The Hall–Kier alpha value is -0.280. The van der Waals surface area contributed by atoms with Crippen LogP contribution in [0.15, 0.2) is 0 Å². The predicted molar refractivity (Wildman–Crippen MR) is 79.6 cm³/mol. The maximum atomic E-state index is 10.1. The van der Waals surface area contributed by atoms with Crippen LogP contribution in [0.2, 0.25) is 0 Å². The zero-order chi connectivity index (χ0) is 17.0. The van der Waals surface area contributed by atoms with E-state index in [1.807, 2.05) is 6.92 Å². The van der Waals surface area contributed by atoms with Crippen LogP contribution in [0.3, 0.4) is 0 Å². The van der Waals surface area contributed by atoms with E-state index in [1.165, 1.54) is 0 Å². The van der Waals surface area contributed by atoms with Crippen LogP contribution in [-0.4, -0.2) is 75.0 Å². The molecule has 23 heavy (non-hydrogen) atoms. The maximum absolute atomic E-state index is 10.1. The summed E-state index contributed by atoms with van der Waals surface area (Å²) >= 11 is 0. The molecular weight excluding hydrogens is 304 g/mol. The van der Waals surface area contributed by atoms with E-state index in [0.29, 0.717) is 5.92 Å². The van der Waals surface area contributed by atoms with Crippen molar-refractivity contribution >= 4 is 0 Å². The summed E-state index contributed by atoms with van der Waals surface area (Å²) in [5.74, 6) is 0.360. The summed E-state index contributed by atoms with van der Waals surface area (Å²) < 4.78 is 17.6. The van der Waals surface area contributed by atoms with Crippen molar-refractivity contribution in [2.24, 2.45) is 5.92 Å². The third kappa shape index (κ3) is 2.93. The second-order valence-corrected chi connectivity index (χ2v) is 7.81. The first-order valence-corrected chi connectivity index (χ1v) is 8.34. The first-order chi connectivity index (χ1) is 10.7. The third-order valence-corrected chi connectivity index (χ3v) is 5.80. The maximum Gasteiger partial charge on any atom is 0.187 e. The van der Waals surface area contributed by atoms with Crippen molar-refractivity contribution in [1.29, 1.82) is 0 Å². The average Bonchev–Trinajstić information content (AvgIpc) is 2.48. The average molecular weight is 332 g/mol.